The summed E-state index contributed by atoms with van der Waals surface area (Å²) >= 11 is 6.27. The molecule has 174 valence electrons. The van der Waals surface area contributed by atoms with Gasteiger partial charge in [0.2, 0.25) is 11.8 Å². The average molecular weight is 480 g/mol. The number of carbonyl (C=O) groups excluding carboxylic acids is 3. The van der Waals surface area contributed by atoms with Gasteiger partial charge >= 0.3 is 6.03 Å². The number of imide groups is 2. The van der Waals surface area contributed by atoms with Crippen molar-refractivity contribution in [1.82, 2.24) is 19.6 Å². The van der Waals surface area contributed by atoms with Crippen LogP contribution < -0.4 is 15.8 Å². The van der Waals surface area contributed by atoms with E-state index in [2.05, 4.69) is 10.3 Å². The first-order valence-electron chi connectivity index (χ1n) is 11.0. The van der Waals surface area contributed by atoms with Gasteiger partial charge in [-0.15, -0.1) is 0 Å². The molecule has 34 heavy (non-hydrogen) atoms. The largest absolute Gasteiger partial charge is 0.352 e. The lowest BCUT2D eigenvalue weighted by atomic mass is 9.69. The molecular formula is C24H22ClN5O4. The van der Waals surface area contributed by atoms with Crippen molar-refractivity contribution in [1.29, 1.82) is 0 Å². The van der Waals surface area contributed by atoms with Crippen LogP contribution >= 0.6 is 11.6 Å². The lowest BCUT2D eigenvalue weighted by Crippen LogP contribution is -2.71. The zero-order valence-corrected chi connectivity index (χ0v) is 19.4. The minimum atomic E-state index is -1.68. The maximum Gasteiger partial charge on any atom is 0.331 e. The van der Waals surface area contributed by atoms with E-state index in [1.54, 1.807) is 60.5 Å². The van der Waals surface area contributed by atoms with E-state index in [0.29, 0.717) is 28.6 Å². The Morgan fingerprint density at radius 2 is 1.85 bits per heavy atom. The third-order valence-corrected chi connectivity index (χ3v) is 7.21. The first-order chi connectivity index (χ1) is 16.3. The lowest BCUT2D eigenvalue weighted by molar-refractivity contribution is -0.153. The molecule has 9 nitrogen and oxygen atoms in total. The molecule has 0 unspecified atom stereocenters. The molecule has 0 saturated carbocycles. The van der Waals surface area contributed by atoms with Crippen LogP contribution in [0.1, 0.15) is 25.0 Å². The summed E-state index contributed by atoms with van der Waals surface area (Å²) in [6, 6.07) is 10.6. The summed E-state index contributed by atoms with van der Waals surface area (Å²) in [7, 11) is 0. The first-order valence-corrected chi connectivity index (χ1v) is 11.3. The number of pyridine rings is 1. The van der Waals surface area contributed by atoms with Gasteiger partial charge in [-0.3, -0.25) is 29.0 Å². The fourth-order valence-corrected chi connectivity index (χ4v) is 5.17. The molecule has 10 heteroatoms. The van der Waals surface area contributed by atoms with Crippen molar-refractivity contribution in [2.24, 2.45) is 5.41 Å². The van der Waals surface area contributed by atoms with Gasteiger partial charge in [-0.25, -0.2) is 9.78 Å². The molecule has 1 aromatic carbocycles. The number of hydrogen-bond donors (Lipinski definition) is 1. The monoisotopic (exact) mass is 479 g/mol. The number of halogens is 1. The minimum Gasteiger partial charge on any atom is -0.352 e. The summed E-state index contributed by atoms with van der Waals surface area (Å²) in [4.78, 5) is 60.9. The Hall–Kier alpha value is -3.72. The van der Waals surface area contributed by atoms with Crippen molar-refractivity contribution in [2.45, 2.75) is 32.9 Å². The summed E-state index contributed by atoms with van der Waals surface area (Å²) in [6.45, 7) is 3.93. The summed E-state index contributed by atoms with van der Waals surface area (Å²) in [5, 5.41) is 2.75. The van der Waals surface area contributed by atoms with Crippen LogP contribution in [0.3, 0.4) is 0 Å². The van der Waals surface area contributed by atoms with Crippen molar-refractivity contribution in [3.05, 3.63) is 75.2 Å². The standard InChI is InChI=1S/C24H22ClN5O4/c1-3-28-14(2)24(12-16-19(28)26-18-10-6-7-11-29(18)20(16)31)21(32)27-23(34)30(22(24)33)13-15-8-4-5-9-17(15)25/h4-11,14H,3,12-13H2,1-2H3,(H,27,32,34)/t14-,24-/m0/s1. The molecule has 0 radical (unpaired) electrons. The zero-order chi connectivity index (χ0) is 24.2. The third kappa shape index (κ3) is 3.03. The molecule has 2 aromatic heterocycles. The number of urea groups is 1. The quantitative estimate of drug-likeness (QED) is 0.578. The van der Waals surface area contributed by atoms with Gasteiger partial charge in [0.1, 0.15) is 11.5 Å². The highest BCUT2D eigenvalue weighted by Crippen LogP contribution is 2.43. The van der Waals surface area contributed by atoms with Gasteiger partial charge in [0.05, 0.1) is 18.2 Å². The van der Waals surface area contributed by atoms with Crippen LogP contribution in [0.4, 0.5) is 10.6 Å². The van der Waals surface area contributed by atoms with E-state index in [1.165, 1.54) is 4.40 Å². The van der Waals surface area contributed by atoms with Crippen LogP contribution in [0.25, 0.3) is 5.65 Å². The number of nitrogens with one attached hydrogen (secondary N) is 1. The number of anilines is 1. The molecular weight excluding hydrogens is 458 g/mol. The molecule has 1 saturated heterocycles. The molecule has 4 amide bonds. The fourth-order valence-electron chi connectivity index (χ4n) is 4.98. The average Bonchev–Trinajstić information content (AvgIpc) is 2.82. The number of hydrogen-bond acceptors (Lipinski definition) is 6. The summed E-state index contributed by atoms with van der Waals surface area (Å²) < 4.78 is 1.40. The van der Waals surface area contributed by atoms with Gasteiger partial charge in [0.15, 0.2) is 5.41 Å². The molecule has 3 aromatic rings. The number of carbonyl (C=O) groups is 3. The van der Waals surface area contributed by atoms with Crippen molar-refractivity contribution in [3.63, 3.8) is 0 Å². The second kappa shape index (κ2) is 7.95. The van der Waals surface area contributed by atoms with Gasteiger partial charge < -0.3 is 4.90 Å². The highest BCUT2D eigenvalue weighted by Gasteiger charge is 2.61. The zero-order valence-electron chi connectivity index (χ0n) is 18.6. The predicted molar refractivity (Wildman–Crippen MR) is 126 cm³/mol. The molecule has 0 bridgehead atoms. The van der Waals surface area contributed by atoms with Crippen molar-refractivity contribution in [3.8, 4) is 0 Å². The SMILES string of the molecule is CCN1c2nc3ccccn3c(=O)c2C[C@@]2(C(=O)NC(=O)N(Cc3ccccc3Cl)C2=O)[C@@H]1C. The summed E-state index contributed by atoms with van der Waals surface area (Å²) in [5.74, 6) is -0.922. The molecule has 1 spiro atoms. The van der Waals surface area contributed by atoms with E-state index in [1.807, 2.05) is 6.92 Å². The lowest BCUT2D eigenvalue weighted by Gasteiger charge is -2.49. The normalized spacial score (nSPS) is 22.3. The Morgan fingerprint density at radius 3 is 2.59 bits per heavy atom. The van der Waals surface area contributed by atoms with Crippen LogP contribution in [-0.4, -0.2) is 44.7 Å². The molecule has 1 N–H and O–H groups in total. The molecule has 1 fully saturated rings. The van der Waals surface area contributed by atoms with E-state index in [4.69, 9.17) is 11.6 Å². The Labute approximate surface area is 199 Å². The summed E-state index contributed by atoms with van der Waals surface area (Å²) in [5.41, 5.74) is -0.717. The van der Waals surface area contributed by atoms with E-state index in [-0.39, 0.29) is 24.1 Å². The van der Waals surface area contributed by atoms with E-state index >= 15 is 0 Å². The van der Waals surface area contributed by atoms with Crippen molar-refractivity contribution < 1.29 is 14.4 Å². The highest BCUT2D eigenvalue weighted by molar-refractivity contribution is 6.31. The van der Waals surface area contributed by atoms with Crippen molar-refractivity contribution >= 4 is 40.9 Å². The summed E-state index contributed by atoms with van der Waals surface area (Å²) in [6.07, 6.45) is 1.43. The van der Waals surface area contributed by atoms with Crippen LogP contribution in [0, 0.1) is 5.41 Å². The fraction of sp³-hybridized carbons (Fsp3) is 0.292. The number of benzene rings is 1. The van der Waals surface area contributed by atoms with E-state index in [0.717, 1.165) is 4.90 Å². The third-order valence-electron chi connectivity index (χ3n) is 6.84. The van der Waals surface area contributed by atoms with E-state index < -0.39 is 29.3 Å². The Bertz CT molecular complexity index is 1420. The second-order valence-electron chi connectivity index (χ2n) is 8.50. The number of amides is 4. The maximum absolute atomic E-state index is 13.9. The van der Waals surface area contributed by atoms with Crippen LogP contribution in [0.15, 0.2) is 53.5 Å². The number of rotatable bonds is 3. The number of aromatic nitrogens is 2. The molecule has 2 atom stereocenters. The van der Waals surface area contributed by atoms with Crippen molar-refractivity contribution in [2.75, 3.05) is 11.4 Å². The van der Waals surface area contributed by atoms with Crippen LogP contribution in [0.5, 0.6) is 0 Å². The van der Waals surface area contributed by atoms with Gasteiger partial charge in [-0.2, -0.15) is 0 Å². The molecule has 4 heterocycles. The molecule has 2 aliphatic rings. The number of fused-ring (bicyclic) bond motifs is 2. The van der Waals surface area contributed by atoms with E-state index in [9.17, 15) is 19.2 Å². The Morgan fingerprint density at radius 1 is 1.12 bits per heavy atom. The molecule has 5 rings (SSSR count). The number of nitrogens with zero attached hydrogens (tertiary/aromatic N) is 4. The Kier molecular flexibility index (Phi) is 5.16. The van der Waals surface area contributed by atoms with Gasteiger partial charge in [0.25, 0.3) is 5.56 Å². The van der Waals surface area contributed by atoms with Gasteiger partial charge in [-0.05, 0) is 37.6 Å². The maximum atomic E-state index is 13.9. The second-order valence-corrected chi connectivity index (χ2v) is 8.91. The van der Waals surface area contributed by atoms with Gasteiger partial charge in [0, 0.05) is 24.2 Å². The smallest absolute Gasteiger partial charge is 0.331 e. The molecule has 2 aliphatic heterocycles. The Balaban J connectivity index is 1.66. The number of barbiturate groups is 1. The first kappa shape index (κ1) is 22.1. The van der Waals surface area contributed by atoms with Crippen LogP contribution in [0.2, 0.25) is 5.02 Å². The van der Waals surface area contributed by atoms with Crippen LogP contribution in [-0.2, 0) is 22.6 Å². The highest BCUT2D eigenvalue weighted by atomic mass is 35.5. The predicted octanol–water partition coefficient (Wildman–Crippen LogP) is 2.38. The molecule has 0 aliphatic carbocycles. The van der Waals surface area contributed by atoms with Gasteiger partial charge in [-0.1, -0.05) is 35.9 Å². The topological polar surface area (TPSA) is 104 Å². The minimum absolute atomic E-state index is 0.0972.